The van der Waals surface area contributed by atoms with Gasteiger partial charge >= 0.3 is 18.2 Å². The summed E-state index contributed by atoms with van der Waals surface area (Å²) < 4.78 is 22.0. The van der Waals surface area contributed by atoms with Crippen molar-refractivity contribution < 1.29 is 33.3 Å². The van der Waals surface area contributed by atoms with Gasteiger partial charge in [-0.3, -0.25) is 0 Å². The Morgan fingerprint density at radius 2 is 1.90 bits per heavy atom. The maximum atomic E-state index is 12.0. The van der Waals surface area contributed by atoms with Gasteiger partial charge in [-0.15, -0.1) is 0 Å². The van der Waals surface area contributed by atoms with Gasteiger partial charge in [-0.1, -0.05) is 11.9 Å². The van der Waals surface area contributed by atoms with Gasteiger partial charge in [-0.25, -0.2) is 14.4 Å². The average molecular weight is 434 g/mol. The van der Waals surface area contributed by atoms with Gasteiger partial charge < -0.3 is 33.5 Å². The van der Waals surface area contributed by atoms with E-state index in [0.717, 1.165) is 0 Å². The fraction of sp³-hybridized carbons (Fsp3) is 0.722. The Kier molecular flexibility index (Phi) is 9.41. The lowest BCUT2D eigenvalue weighted by atomic mass is 10.2. The zero-order chi connectivity index (χ0) is 22.2. The van der Waals surface area contributed by atoms with Crippen molar-refractivity contribution in [1.82, 2.24) is 14.5 Å². The average Bonchev–Trinajstić information content (AvgIpc) is 2.97. The maximum absolute atomic E-state index is 12.0. The molecule has 166 valence electrons. The first kappa shape index (κ1) is 24.7. The van der Waals surface area contributed by atoms with Crippen LogP contribution in [0.25, 0.3) is 0 Å². The van der Waals surface area contributed by atoms with Crippen molar-refractivity contribution in [3.05, 3.63) is 12.4 Å². The molecule has 0 aromatic heterocycles. The Morgan fingerprint density at radius 3 is 2.41 bits per heavy atom. The van der Waals surface area contributed by atoms with E-state index in [1.165, 1.54) is 14.0 Å². The van der Waals surface area contributed by atoms with Crippen LogP contribution in [0.4, 0.5) is 9.59 Å². The van der Waals surface area contributed by atoms with E-state index < -0.39 is 36.0 Å². The van der Waals surface area contributed by atoms with Crippen LogP contribution in [0, 0.1) is 0 Å². The van der Waals surface area contributed by atoms with Gasteiger partial charge in [0.25, 0.3) is 0 Å². The first-order valence-electron chi connectivity index (χ1n) is 9.15. The Bertz CT molecular complexity index is 609. The van der Waals surface area contributed by atoms with Gasteiger partial charge in [0, 0.05) is 18.7 Å². The van der Waals surface area contributed by atoms with Gasteiger partial charge in [0.05, 0.1) is 13.7 Å². The van der Waals surface area contributed by atoms with Gasteiger partial charge in [0.2, 0.25) is 0 Å². The number of methoxy groups -OCH3 is 1. The Balaban J connectivity index is 2.51. The summed E-state index contributed by atoms with van der Waals surface area (Å²) in [5, 5.41) is 2.35. The first-order chi connectivity index (χ1) is 13.5. The molecule has 0 aromatic carbocycles. The van der Waals surface area contributed by atoms with E-state index in [1.54, 1.807) is 32.7 Å². The van der Waals surface area contributed by atoms with E-state index in [2.05, 4.69) is 14.4 Å². The van der Waals surface area contributed by atoms with Gasteiger partial charge in [0.1, 0.15) is 24.5 Å². The van der Waals surface area contributed by atoms with E-state index in [1.807, 2.05) is 30.5 Å². The summed E-state index contributed by atoms with van der Waals surface area (Å²) in [4.78, 5) is 37.9. The molecule has 0 saturated carbocycles. The van der Waals surface area contributed by atoms with Crippen LogP contribution in [0.5, 0.6) is 0 Å². The molecule has 1 aliphatic heterocycles. The summed E-state index contributed by atoms with van der Waals surface area (Å²) in [6.07, 6.45) is 3.17. The van der Waals surface area contributed by atoms with Gasteiger partial charge in [-0.05, 0) is 34.6 Å². The molecule has 0 radical (unpaired) electrons. The van der Waals surface area contributed by atoms with Gasteiger partial charge in [-0.2, -0.15) is 0 Å². The van der Waals surface area contributed by atoms with Crippen molar-refractivity contribution in [2.24, 2.45) is 0 Å². The molecule has 1 rings (SSSR count). The predicted molar refractivity (Wildman–Crippen MR) is 108 cm³/mol. The number of nitrogens with one attached hydrogen (secondary N) is 1. The zero-order valence-corrected chi connectivity index (χ0v) is 18.8. The number of esters is 1. The number of ether oxygens (including phenoxy) is 4. The third-order valence-corrected chi connectivity index (χ3v) is 4.76. The summed E-state index contributed by atoms with van der Waals surface area (Å²) in [7, 11) is 1.17. The number of hydrogen-bond acceptors (Lipinski definition) is 10. The molecule has 11 heteroatoms. The molecule has 1 heterocycles. The number of carbonyl (C=O) groups is 3. The molecule has 1 unspecified atom stereocenters. The summed E-state index contributed by atoms with van der Waals surface area (Å²) in [5.41, 5.74) is -0.749. The highest BCUT2D eigenvalue weighted by molar-refractivity contribution is 7.96. The van der Waals surface area contributed by atoms with Crippen molar-refractivity contribution in [3.63, 3.8) is 0 Å². The molecule has 3 atom stereocenters. The molecule has 0 bridgehead atoms. The molecule has 0 aromatic rings. The van der Waals surface area contributed by atoms with Crippen molar-refractivity contribution >= 4 is 30.2 Å². The van der Waals surface area contributed by atoms with E-state index in [9.17, 15) is 14.4 Å². The topological polar surface area (TPSA) is 107 Å². The normalized spacial score (nSPS) is 18.1. The Morgan fingerprint density at radius 1 is 1.24 bits per heavy atom. The number of hydrogen-bond donors (Lipinski definition) is 1. The molecule has 0 saturated heterocycles. The quantitative estimate of drug-likeness (QED) is 0.348. The fourth-order valence-corrected chi connectivity index (χ4v) is 3.04. The van der Waals surface area contributed by atoms with Crippen LogP contribution < -0.4 is 5.32 Å². The second kappa shape index (κ2) is 11.0. The van der Waals surface area contributed by atoms with Crippen LogP contribution in [0.3, 0.4) is 0 Å². The third kappa shape index (κ3) is 8.30. The molecule has 1 aliphatic rings. The van der Waals surface area contributed by atoms with Crippen molar-refractivity contribution in [1.29, 1.82) is 0 Å². The molecule has 1 N–H and O–H groups in total. The number of nitrogens with zero attached hydrogens (tertiary/aromatic N) is 2. The van der Waals surface area contributed by atoms with Crippen LogP contribution in [0.1, 0.15) is 34.6 Å². The smallest absolute Gasteiger partial charge is 0.467 e. The summed E-state index contributed by atoms with van der Waals surface area (Å²) in [6.45, 7) is 9.12. The zero-order valence-electron chi connectivity index (χ0n) is 18.0. The van der Waals surface area contributed by atoms with Crippen LogP contribution >= 0.6 is 11.9 Å². The molecular weight excluding hydrogens is 402 g/mol. The minimum Gasteiger partial charge on any atom is -0.467 e. The fourth-order valence-electron chi connectivity index (χ4n) is 2.44. The molecule has 0 fully saturated rings. The minimum absolute atomic E-state index is 0.102. The minimum atomic E-state index is -1.24. The second-order valence-corrected chi connectivity index (χ2v) is 8.07. The van der Waals surface area contributed by atoms with Crippen molar-refractivity contribution in [3.8, 4) is 0 Å². The summed E-state index contributed by atoms with van der Waals surface area (Å²) >= 11 is 1.59. The van der Waals surface area contributed by atoms with Crippen LogP contribution in [-0.2, 0) is 23.7 Å². The highest BCUT2D eigenvalue weighted by atomic mass is 32.2. The summed E-state index contributed by atoms with van der Waals surface area (Å²) in [5.74, 6) is -0.774. The lowest BCUT2D eigenvalue weighted by molar-refractivity contribution is -0.146. The van der Waals surface area contributed by atoms with Crippen molar-refractivity contribution in [2.75, 3.05) is 26.5 Å². The van der Waals surface area contributed by atoms with Crippen LogP contribution in [-0.4, -0.2) is 77.9 Å². The lowest BCUT2D eigenvalue weighted by Crippen LogP contribution is -2.51. The molecule has 1 amide bonds. The highest BCUT2D eigenvalue weighted by Crippen LogP contribution is 2.21. The predicted octanol–water partition coefficient (Wildman–Crippen LogP) is 2.31. The number of rotatable bonds is 8. The second-order valence-electron chi connectivity index (χ2n) is 7.28. The van der Waals surface area contributed by atoms with Crippen molar-refractivity contribution in [2.45, 2.75) is 58.5 Å². The van der Waals surface area contributed by atoms with E-state index in [-0.39, 0.29) is 12.8 Å². The van der Waals surface area contributed by atoms with E-state index in [0.29, 0.717) is 6.54 Å². The lowest BCUT2D eigenvalue weighted by Gasteiger charge is -2.28. The Labute approximate surface area is 176 Å². The Hall–Kier alpha value is -2.30. The van der Waals surface area contributed by atoms with Gasteiger partial charge in [0.15, 0.2) is 6.04 Å². The molecule has 0 aliphatic carbocycles. The number of alkyl carbamates (subject to hydrolysis) is 1. The van der Waals surface area contributed by atoms with Crippen LogP contribution in [0.2, 0.25) is 0 Å². The number of carbonyl (C=O) groups excluding carboxylic acids is 3. The van der Waals surface area contributed by atoms with Crippen LogP contribution in [0.15, 0.2) is 12.4 Å². The largest absolute Gasteiger partial charge is 0.508 e. The maximum Gasteiger partial charge on any atom is 0.508 e. The van der Waals surface area contributed by atoms with E-state index >= 15 is 0 Å². The molecular formula is C18H31N3O7S. The van der Waals surface area contributed by atoms with E-state index in [4.69, 9.17) is 14.2 Å². The molecule has 10 nitrogen and oxygen atoms in total. The standard InChI is InChI=1S/C18H31N3O7S/c1-12(14(15(22)25-6)19-16(23)28-18(3,4)5)27-17(24)26-11-10-20-8-9-21(29-7)13(20)2/h8-9,12-14H,10-11H2,1-7H3,(H,19,23)/t12-,13?,14+/m1/s1. The highest BCUT2D eigenvalue weighted by Gasteiger charge is 2.33. The number of amides is 1. The third-order valence-electron chi connectivity index (χ3n) is 3.91. The SMILES string of the molecule is COC(=O)[C@@H](NC(=O)OC(C)(C)C)[C@@H](C)OC(=O)OCCN1C=CN(SC)C1C. The first-order valence-corrected chi connectivity index (χ1v) is 10.3. The monoisotopic (exact) mass is 433 g/mol. The molecule has 0 spiro atoms. The molecule has 29 heavy (non-hydrogen) atoms. The summed E-state index contributed by atoms with van der Waals surface area (Å²) in [6, 6.07) is -1.24.